The molecular weight excluding hydrogens is 264 g/mol. The zero-order chi connectivity index (χ0) is 14.9. The largest absolute Gasteiger partial charge is 0.481 e. The molecule has 0 aliphatic carbocycles. The minimum Gasteiger partial charge on any atom is -0.481 e. The van der Waals surface area contributed by atoms with Gasteiger partial charge in [-0.1, -0.05) is 6.07 Å². The SMILES string of the molecule is NC(CC(=O)O)C(=O)N1CCc2ccc(C(=O)O)cc21. The van der Waals surface area contributed by atoms with Gasteiger partial charge < -0.3 is 20.8 Å². The number of aliphatic carboxylic acids is 1. The summed E-state index contributed by atoms with van der Waals surface area (Å²) in [6.07, 6.45) is 0.143. The average Bonchev–Trinajstić information content (AvgIpc) is 2.79. The number of hydrogen-bond acceptors (Lipinski definition) is 4. The van der Waals surface area contributed by atoms with Crippen molar-refractivity contribution in [3.8, 4) is 0 Å². The molecule has 4 N–H and O–H groups in total. The van der Waals surface area contributed by atoms with E-state index in [2.05, 4.69) is 0 Å². The van der Waals surface area contributed by atoms with Gasteiger partial charge in [0.05, 0.1) is 18.0 Å². The molecule has 0 saturated heterocycles. The van der Waals surface area contributed by atoms with Crippen LogP contribution in [0.25, 0.3) is 0 Å². The van der Waals surface area contributed by atoms with Crippen LogP contribution in [0.4, 0.5) is 5.69 Å². The normalized spacial score (nSPS) is 14.8. The van der Waals surface area contributed by atoms with E-state index in [1.54, 1.807) is 6.07 Å². The third-order valence-electron chi connectivity index (χ3n) is 3.21. The van der Waals surface area contributed by atoms with E-state index < -0.39 is 30.3 Å². The van der Waals surface area contributed by atoms with Crippen LogP contribution in [0.5, 0.6) is 0 Å². The predicted octanol–water partition coefficient (Wildman–Crippen LogP) is 0.0759. The lowest BCUT2D eigenvalue weighted by Gasteiger charge is -2.21. The van der Waals surface area contributed by atoms with Crippen LogP contribution in [0.3, 0.4) is 0 Å². The van der Waals surface area contributed by atoms with Gasteiger partial charge in [0.25, 0.3) is 0 Å². The summed E-state index contributed by atoms with van der Waals surface area (Å²) in [5, 5.41) is 17.6. The molecule has 1 aliphatic rings. The molecule has 1 heterocycles. The third kappa shape index (κ3) is 2.62. The number of nitrogens with two attached hydrogens (primary N) is 1. The van der Waals surface area contributed by atoms with E-state index in [9.17, 15) is 14.4 Å². The number of carboxylic acids is 2. The number of carbonyl (C=O) groups excluding carboxylic acids is 1. The fraction of sp³-hybridized carbons (Fsp3) is 0.308. The van der Waals surface area contributed by atoms with Crippen molar-refractivity contribution in [1.82, 2.24) is 0 Å². The quantitative estimate of drug-likeness (QED) is 0.717. The average molecular weight is 278 g/mol. The maximum Gasteiger partial charge on any atom is 0.335 e. The highest BCUT2D eigenvalue weighted by Gasteiger charge is 2.30. The van der Waals surface area contributed by atoms with E-state index in [4.69, 9.17) is 15.9 Å². The number of amides is 1. The molecule has 1 unspecified atom stereocenters. The summed E-state index contributed by atoms with van der Waals surface area (Å²) < 4.78 is 0. The van der Waals surface area contributed by atoms with Crippen LogP contribution in [0, 0.1) is 0 Å². The van der Waals surface area contributed by atoms with E-state index >= 15 is 0 Å². The van der Waals surface area contributed by atoms with Gasteiger partial charge in [-0.05, 0) is 24.1 Å². The van der Waals surface area contributed by atoms with Crippen LogP contribution < -0.4 is 10.6 Å². The van der Waals surface area contributed by atoms with Crippen molar-refractivity contribution in [2.24, 2.45) is 5.73 Å². The lowest BCUT2D eigenvalue weighted by atomic mass is 10.1. The highest BCUT2D eigenvalue weighted by molar-refractivity contribution is 6.01. The molecule has 1 atom stereocenters. The summed E-state index contributed by atoms with van der Waals surface area (Å²) in [4.78, 5) is 35.0. The number of carbonyl (C=O) groups is 3. The van der Waals surface area contributed by atoms with Crippen molar-refractivity contribution in [2.45, 2.75) is 18.9 Å². The summed E-state index contributed by atoms with van der Waals surface area (Å²) in [7, 11) is 0. The number of carboxylic acid groups (broad SMARTS) is 2. The zero-order valence-corrected chi connectivity index (χ0v) is 10.6. The molecular formula is C13H14N2O5. The monoisotopic (exact) mass is 278 g/mol. The second-order valence-corrected chi connectivity index (χ2v) is 4.59. The molecule has 0 aromatic heterocycles. The number of hydrogen-bond donors (Lipinski definition) is 3. The molecule has 7 heteroatoms. The number of benzene rings is 1. The molecule has 0 fully saturated rings. The Balaban J connectivity index is 2.26. The first-order chi connectivity index (χ1) is 9.40. The molecule has 0 radical (unpaired) electrons. The standard InChI is InChI=1S/C13H14N2O5/c14-9(6-11(16)17)12(18)15-4-3-7-1-2-8(13(19)20)5-10(7)15/h1-2,5,9H,3-4,6,14H2,(H,16,17)(H,19,20). The Hall–Kier alpha value is -2.41. The lowest BCUT2D eigenvalue weighted by Crippen LogP contribution is -2.44. The maximum absolute atomic E-state index is 12.1. The molecule has 1 aromatic rings. The lowest BCUT2D eigenvalue weighted by molar-refractivity contribution is -0.139. The van der Waals surface area contributed by atoms with Gasteiger partial charge >= 0.3 is 11.9 Å². The first-order valence-electron chi connectivity index (χ1n) is 6.05. The summed E-state index contributed by atoms with van der Waals surface area (Å²) in [5.41, 5.74) is 6.99. The van der Waals surface area contributed by atoms with Crippen LogP contribution in [0.15, 0.2) is 18.2 Å². The molecule has 7 nitrogen and oxygen atoms in total. The van der Waals surface area contributed by atoms with E-state index in [-0.39, 0.29) is 5.56 Å². The number of nitrogens with zero attached hydrogens (tertiary/aromatic N) is 1. The van der Waals surface area contributed by atoms with Crippen molar-refractivity contribution >= 4 is 23.5 Å². The predicted molar refractivity (Wildman–Crippen MR) is 69.7 cm³/mol. The first kappa shape index (κ1) is 14.0. The van der Waals surface area contributed by atoms with Gasteiger partial charge in [0.15, 0.2) is 0 Å². The second-order valence-electron chi connectivity index (χ2n) is 4.59. The van der Waals surface area contributed by atoms with Crippen LogP contribution in [-0.2, 0) is 16.0 Å². The molecule has 0 saturated carbocycles. The van der Waals surface area contributed by atoms with Gasteiger partial charge in [-0.2, -0.15) is 0 Å². The molecule has 0 spiro atoms. The Bertz CT molecular complexity index is 584. The van der Waals surface area contributed by atoms with Crippen LogP contribution in [0.2, 0.25) is 0 Å². The van der Waals surface area contributed by atoms with E-state index in [1.165, 1.54) is 17.0 Å². The Morgan fingerprint density at radius 1 is 1.30 bits per heavy atom. The van der Waals surface area contributed by atoms with Gasteiger partial charge in [-0.3, -0.25) is 9.59 Å². The van der Waals surface area contributed by atoms with Crippen LogP contribution >= 0.6 is 0 Å². The maximum atomic E-state index is 12.1. The molecule has 1 aromatic carbocycles. The zero-order valence-electron chi connectivity index (χ0n) is 10.6. The molecule has 1 amide bonds. The van der Waals surface area contributed by atoms with E-state index in [1.807, 2.05) is 0 Å². The fourth-order valence-corrected chi connectivity index (χ4v) is 2.22. The van der Waals surface area contributed by atoms with E-state index in [0.717, 1.165) is 5.56 Å². The summed E-state index contributed by atoms with van der Waals surface area (Å²) >= 11 is 0. The number of aromatic carboxylic acids is 1. The topological polar surface area (TPSA) is 121 Å². The van der Waals surface area contributed by atoms with Crippen molar-refractivity contribution in [1.29, 1.82) is 0 Å². The summed E-state index contributed by atoms with van der Waals surface area (Å²) in [6, 6.07) is 3.42. The first-order valence-corrected chi connectivity index (χ1v) is 6.05. The van der Waals surface area contributed by atoms with Gasteiger partial charge in [0.2, 0.25) is 5.91 Å². The summed E-state index contributed by atoms with van der Waals surface area (Å²) in [5.74, 6) is -2.74. The highest BCUT2D eigenvalue weighted by Crippen LogP contribution is 2.29. The molecule has 106 valence electrons. The van der Waals surface area contributed by atoms with Crippen LogP contribution in [0.1, 0.15) is 22.3 Å². The van der Waals surface area contributed by atoms with Gasteiger partial charge in [-0.25, -0.2) is 4.79 Å². The van der Waals surface area contributed by atoms with E-state index in [0.29, 0.717) is 18.7 Å². The highest BCUT2D eigenvalue weighted by atomic mass is 16.4. The molecule has 20 heavy (non-hydrogen) atoms. The Morgan fingerprint density at radius 2 is 2.00 bits per heavy atom. The Morgan fingerprint density at radius 3 is 2.60 bits per heavy atom. The van der Waals surface area contributed by atoms with Crippen molar-refractivity contribution in [3.05, 3.63) is 29.3 Å². The minimum atomic E-state index is -1.15. The molecule has 2 rings (SSSR count). The number of rotatable bonds is 4. The fourth-order valence-electron chi connectivity index (χ4n) is 2.22. The Labute approximate surface area is 114 Å². The van der Waals surface area contributed by atoms with Crippen LogP contribution in [-0.4, -0.2) is 40.6 Å². The molecule has 1 aliphatic heterocycles. The second kappa shape index (κ2) is 5.30. The number of anilines is 1. The smallest absolute Gasteiger partial charge is 0.335 e. The van der Waals surface area contributed by atoms with Gasteiger partial charge in [0, 0.05) is 12.2 Å². The third-order valence-corrected chi connectivity index (χ3v) is 3.21. The summed E-state index contributed by atoms with van der Waals surface area (Å²) in [6.45, 7) is 0.380. The van der Waals surface area contributed by atoms with Crippen molar-refractivity contribution < 1.29 is 24.6 Å². The van der Waals surface area contributed by atoms with Gasteiger partial charge in [-0.15, -0.1) is 0 Å². The molecule has 0 bridgehead atoms. The number of fused-ring (bicyclic) bond motifs is 1. The van der Waals surface area contributed by atoms with Gasteiger partial charge in [0.1, 0.15) is 0 Å². The Kier molecular flexibility index (Phi) is 3.71. The minimum absolute atomic E-state index is 0.0789. The van der Waals surface area contributed by atoms with Crippen molar-refractivity contribution in [2.75, 3.05) is 11.4 Å². The van der Waals surface area contributed by atoms with Crippen molar-refractivity contribution in [3.63, 3.8) is 0 Å².